The van der Waals surface area contributed by atoms with Crippen LogP contribution >= 0.6 is 0 Å². The predicted molar refractivity (Wildman–Crippen MR) is 73.2 cm³/mol. The zero-order chi connectivity index (χ0) is 12.9. The van der Waals surface area contributed by atoms with Crippen LogP contribution < -0.4 is 0 Å². The Bertz CT molecular complexity index is 237. The maximum Gasteiger partial charge on any atom is 0.153 e. The Hall–Kier alpha value is -0.370. The van der Waals surface area contributed by atoms with Gasteiger partial charge in [0.05, 0.1) is 5.54 Å². The number of hydrogen-bond donors (Lipinski definition) is 0. The highest BCUT2D eigenvalue weighted by molar-refractivity contribution is 5.88. The van der Waals surface area contributed by atoms with Crippen LogP contribution in [0.5, 0.6) is 0 Å². The van der Waals surface area contributed by atoms with Gasteiger partial charge in [-0.05, 0) is 38.3 Å². The van der Waals surface area contributed by atoms with E-state index >= 15 is 0 Å². The molecular formula is C15H29NO. The Morgan fingerprint density at radius 2 is 1.65 bits per heavy atom. The molecule has 0 heterocycles. The number of likely N-dealkylation sites (N-methyl/N-ethyl adjacent to an activating group) is 1. The molecular weight excluding hydrogens is 210 g/mol. The third-order valence-corrected chi connectivity index (χ3v) is 4.53. The van der Waals surface area contributed by atoms with Crippen molar-refractivity contribution in [2.75, 3.05) is 13.1 Å². The zero-order valence-corrected chi connectivity index (χ0v) is 12.1. The van der Waals surface area contributed by atoms with Crippen LogP contribution in [0.1, 0.15) is 66.2 Å². The summed E-state index contributed by atoms with van der Waals surface area (Å²) in [5, 5.41) is 0. The maximum absolute atomic E-state index is 12.6. The van der Waals surface area contributed by atoms with Crippen molar-refractivity contribution in [1.82, 2.24) is 4.90 Å². The number of nitrogens with zero attached hydrogens (tertiary/aromatic N) is 1. The van der Waals surface area contributed by atoms with Gasteiger partial charge in [-0.2, -0.15) is 0 Å². The summed E-state index contributed by atoms with van der Waals surface area (Å²) in [6.45, 7) is 10.6. The first kappa shape index (κ1) is 14.7. The second kappa shape index (κ2) is 6.53. The predicted octanol–water partition coefficient (Wildman–Crippen LogP) is 3.65. The molecule has 0 spiro atoms. The van der Waals surface area contributed by atoms with Gasteiger partial charge in [-0.15, -0.1) is 0 Å². The molecule has 0 N–H and O–H groups in total. The molecule has 0 aliphatic heterocycles. The Kier molecular flexibility index (Phi) is 5.64. The van der Waals surface area contributed by atoms with E-state index in [1.807, 2.05) is 0 Å². The van der Waals surface area contributed by atoms with Crippen LogP contribution in [0.3, 0.4) is 0 Å². The molecule has 0 unspecified atom stereocenters. The Morgan fingerprint density at radius 1 is 1.12 bits per heavy atom. The minimum atomic E-state index is -0.182. The van der Waals surface area contributed by atoms with Crippen LogP contribution in [0.15, 0.2) is 0 Å². The summed E-state index contributed by atoms with van der Waals surface area (Å²) >= 11 is 0. The molecule has 0 bridgehead atoms. The number of carbonyl (C=O) groups is 1. The van der Waals surface area contributed by atoms with Crippen molar-refractivity contribution in [2.45, 2.75) is 71.8 Å². The monoisotopic (exact) mass is 239 g/mol. The lowest BCUT2D eigenvalue weighted by Gasteiger charge is -2.41. The normalized spacial score (nSPS) is 16.5. The summed E-state index contributed by atoms with van der Waals surface area (Å²) in [5.41, 5.74) is -0.182. The highest BCUT2D eigenvalue weighted by Crippen LogP contribution is 2.35. The first-order valence-corrected chi connectivity index (χ1v) is 7.42. The van der Waals surface area contributed by atoms with Crippen molar-refractivity contribution < 1.29 is 4.79 Å². The van der Waals surface area contributed by atoms with Crippen LogP contribution in [0, 0.1) is 5.92 Å². The van der Waals surface area contributed by atoms with Crippen LogP contribution in [0.2, 0.25) is 0 Å². The fraction of sp³-hybridized carbons (Fsp3) is 0.933. The van der Waals surface area contributed by atoms with Gasteiger partial charge in [0.15, 0.2) is 5.78 Å². The van der Waals surface area contributed by atoms with Crippen molar-refractivity contribution >= 4 is 5.78 Å². The van der Waals surface area contributed by atoms with Crippen LogP contribution in [0.25, 0.3) is 0 Å². The van der Waals surface area contributed by atoms with Gasteiger partial charge < -0.3 is 0 Å². The highest BCUT2D eigenvalue weighted by Gasteiger charge is 2.39. The lowest BCUT2D eigenvalue weighted by Crippen LogP contribution is -2.53. The molecule has 2 nitrogen and oxygen atoms in total. The van der Waals surface area contributed by atoms with E-state index in [1.54, 1.807) is 0 Å². The first-order chi connectivity index (χ1) is 8.14. The van der Waals surface area contributed by atoms with Crippen molar-refractivity contribution in [2.24, 2.45) is 5.92 Å². The van der Waals surface area contributed by atoms with Gasteiger partial charge in [-0.3, -0.25) is 9.69 Å². The minimum absolute atomic E-state index is 0.182. The molecule has 0 amide bonds. The second-order valence-electron chi connectivity index (χ2n) is 5.32. The molecule has 1 rings (SSSR count). The third kappa shape index (κ3) is 3.31. The largest absolute Gasteiger partial charge is 0.298 e. The van der Waals surface area contributed by atoms with E-state index in [-0.39, 0.29) is 5.54 Å². The van der Waals surface area contributed by atoms with E-state index in [4.69, 9.17) is 0 Å². The van der Waals surface area contributed by atoms with E-state index < -0.39 is 0 Å². The summed E-state index contributed by atoms with van der Waals surface area (Å²) in [5.74, 6) is 1.35. The summed E-state index contributed by atoms with van der Waals surface area (Å²) < 4.78 is 0. The number of Topliss-reactive ketones (excluding diaryl/α,β-unsaturated/α-hetero) is 1. The third-order valence-electron chi connectivity index (χ3n) is 4.53. The van der Waals surface area contributed by atoms with E-state index in [1.165, 1.54) is 12.8 Å². The smallest absolute Gasteiger partial charge is 0.153 e. The minimum Gasteiger partial charge on any atom is -0.298 e. The number of ketones is 1. The van der Waals surface area contributed by atoms with Gasteiger partial charge in [0.25, 0.3) is 0 Å². The van der Waals surface area contributed by atoms with Crippen molar-refractivity contribution in [3.8, 4) is 0 Å². The Balaban J connectivity index is 2.68. The summed E-state index contributed by atoms with van der Waals surface area (Å²) in [6, 6.07) is 0. The second-order valence-corrected chi connectivity index (χ2v) is 5.32. The molecule has 0 saturated heterocycles. The summed E-state index contributed by atoms with van der Waals surface area (Å²) in [4.78, 5) is 14.9. The van der Waals surface area contributed by atoms with Crippen LogP contribution in [-0.4, -0.2) is 29.3 Å². The van der Waals surface area contributed by atoms with E-state index in [0.29, 0.717) is 5.78 Å². The number of hydrogen-bond acceptors (Lipinski definition) is 2. The lowest BCUT2D eigenvalue weighted by atomic mass is 9.83. The SMILES string of the molecule is CCN(CC)C(CC)(CC)C(=O)CCC1CC1. The van der Waals surface area contributed by atoms with Gasteiger partial charge in [-0.1, -0.05) is 40.5 Å². The molecule has 0 atom stereocenters. The number of rotatable bonds is 9. The molecule has 0 aromatic rings. The fourth-order valence-electron chi connectivity index (χ4n) is 3.07. The van der Waals surface area contributed by atoms with Gasteiger partial charge in [0.2, 0.25) is 0 Å². The van der Waals surface area contributed by atoms with E-state index in [2.05, 4.69) is 32.6 Å². The van der Waals surface area contributed by atoms with E-state index in [9.17, 15) is 4.79 Å². The molecule has 1 aliphatic carbocycles. The summed E-state index contributed by atoms with van der Waals surface area (Å²) in [6.07, 6.45) is 6.53. The van der Waals surface area contributed by atoms with Gasteiger partial charge >= 0.3 is 0 Å². The van der Waals surface area contributed by atoms with Crippen LogP contribution in [-0.2, 0) is 4.79 Å². The highest BCUT2D eigenvalue weighted by atomic mass is 16.1. The maximum atomic E-state index is 12.6. The van der Waals surface area contributed by atoms with Crippen LogP contribution in [0.4, 0.5) is 0 Å². The van der Waals surface area contributed by atoms with Crippen molar-refractivity contribution in [3.63, 3.8) is 0 Å². The van der Waals surface area contributed by atoms with Gasteiger partial charge in [0, 0.05) is 6.42 Å². The fourth-order valence-corrected chi connectivity index (χ4v) is 3.07. The first-order valence-electron chi connectivity index (χ1n) is 7.42. The Morgan fingerprint density at radius 3 is 2.00 bits per heavy atom. The average Bonchev–Trinajstić information content (AvgIpc) is 3.17. The standard InChI is InChI=1S/C15H29NO/c1-5-15(6-2,16(7-3)8-4)14(17)12-11-13-9-10-13/h13H,5-12H2,1-4H3. The van der Waals surface area contributed by atoms with Gasteiger partial charge in [0.1, 0.15) is 0 Å². The molecule has 17 heavy (non-hydrogen) atoms. The zero-order valence-electron chi connectivity index (χ0n) is 12.1. The summed E-state index contributed by atoms with van der Waals surface area (Å²) in [7, 11) is 0. The van der Waals surface area contributed by atoms with Crippen molar-refractivity contribution in [1.29, 1.82) is 0 Å². The molecule has 1 saturated carbocycles. The molecule has 1 aliphatic rings. The quantitative estimate of drug-likeness (QED) is 0.612. The van der Waals surface area contributed by atoms with E-state index in [0.717, 1.165) is 44.7 Å². The number of carbonyl (C=O) groups excluding carboxylic acids is 1. The average molecular weight is 239 g/mol. The van der Waals surface area contributed by atoms with Gasteiger partial charge in [-0.25, -0.2) is 0 Å². The molecule has 0 aromatic heterocycles. The van der Waals surface area contributed by atoms with Crippen molar-refractivity contribution in [3.05, 3.63) is 0 Å². The molecule has 1 fully saturated rings. The molecule has 2 heteroatoms. The topological polar surface area (TPSA) is 20.3 Å². The molecule has 100 valence electrons. The molecule has 0 radical (unpaired) electrons. The Labute approximate surface area is 107 Å². The lowest BCUT2D eigenvalue weighted by molar-refractivity contribution is -0.132. The molecule has 0 aromatic carbocycles.